The number of anilines is 1. The Hall–Kier alpha value is -1.85. The van der Waals surface area contributed by atoms with E-state index in [-0.39, 0.29) is 11.3 Å². The molecule has 3 N–H and O–H groups in total. The van der Waals surface area contributed by atoms with Crippen LogP contribution < -0.4 is 11.1 Å². The van der Waals surface area contributed by atoms with E-state index in [0.29, 0.717) is 23.3 Å². The monoisotopic (exact) mass is 379 g/mol. The average molecular weight is 380 g/mol. The fourth-order valence-electron chi connectivity index (χ4n) is 3.03. The maximum atomic E-state index is 14.3. The molecule has 1 atom stereocenters. The summed E-state index contributed by atoms with van der Waals surface area (Å²) >= 11 is 6.11. The maximum Gasteiger partial charge on any atom is 0.145 e. The third kappa shape index (κ3) is 5.85. The average Bonchev–Trinajstić information content (AvgIpc) is 2.58. The van der Waals surface area contributed by atoms with E-state index < -0.39 is 5.83 Å². The van der Waals surface area contributed by atoms with Gasteiger partial charge < -0.3 is 15.8 Å². The van der Waals surface area contributed by atoms with Crippen LogP contribution in [0.5, 0.6) is 0 Å². The third-order valence-electron chi connectivity index (χ3n) is 4.47. The molecule has 0 aromatic carbocycles. The Kier molecular flexibility index (Phi) is 6.84. The van der Waals surface area contributed by atoms with Gasteiger partial charge in [0, 0.05) is 24.9 Å². The van der Waals surface area contributed by atoms with Gasteiger partial charge in [0.2, 0.25) is 0 Å². The first-order valence-electron chi connectivity index (χ1n) is 8.70. The van der Waals surface area contributed by atoms with E-state index in [0.717, 1.165) is 30.6 Å². The van der Waals surface area contributed by atoms with E-state index in [1.165, 1.54) is 12.3 Å². The molecule has 2 rings (SSSR count). The van der Waals surface area contributed by atoms with Gasteiger partial charge in [-0.05, 0) is 57.2 Å². The highest BCUT2D eigenvalue weighted by Crippen LogP contribution is 2.28. The lowest BCUT2D eigenvalue weighted by Gasteiger charge is -2.35. The molecule has 0 saturated carbocycles. The van der Waals surface area contributed by atoms with E-state index >= 15 is 0 Å². The lowest BCUT2D eigenvalue weighted by molar-refractivity contribution is -0.0715. The van der Waals surface area contributed by atoms with Crippen molar-refractivity contribution in [3.8, 4) is 0 Å². The summed E-state index contributed by atoms with van der Waals surface area (Å²) in [5.41, 5.74) is 7.35. The molecule has 0 aliphatic carbocycles. The molecule has 1 unspecified atom stereocenters. The number of ether oxygens (including phenoxy) is 1. The number of allylic oxidation sites excluding steroid dienone is 4. The molecule has 1 fully saturated rings. The van der Waals surface area contributed by atoms with Crippen molar-refractivity contribution in [2.45, 2.75) is 39.2 Å². The number of nitrogens with zero attached hydrogens (tertiary/aromatic N) is 1. The molecule has 0 spiro atoms. The zero-order valence-electron chi connectivity index (χ0n) is 15.6. The molecule has 1 aromatic rings. The number of nitrogen functional groups attached to an aromatic ring is 1. The Labute approximate surface area is 160 Å². The summed E-state index contributed by atoms with van der Waals surface area (Å²) in [4.78, 5) is 3.92. The molecular weight excluding hydrogens is 353 g/mol. The van der Waals surface area contributed by atoms with Crippen molar-refractivity contribution in [2.75, 3.05) is 18.9 Å². The topological polar surface area (TPSA) is 60.2 Å². The summed E-state index contributed by atoms with van der Waals surface area (Å²) in [6, 6.07) is 1.67. The summed E-state index contributed by atoms with van der Waals surface area (Å²) < 4.78 is 20.0. The molecule has 4 nitrogen and oxygen atoms in total. The van der Waals surface area contributed by atoms with E-state index in [9.17, 15) is 4.39 Å². The van der Waals surface area contributed by atoms with Crippen molar-refractivity contribution in [3.05, 3.63) is 53.1 Å². The highest BCUT2D eigenvalue weighted by molar-refractivity contribution is 6.32. The van der Waals surface area contributed by atoms with E-state index in [1.54, 1.807) is 12.1 Å². The standard InChI is InChI=1S/C20H27ClFN3O/c1-13(16-9-19(23)25-12-17(16)21)5-6-18(22)14(2)24-11-15-7-8-26-20(3,4)10-15/h5-6,9,12,15,24H,2,7-8,10-11H2,1,3-4H3,(H2,23,25)/b13-5+,18-6+. The summed E-state index contributed by atoms with van der Waals surface area (Å²) in [7, 11) is 0. The summed E-state index contributed by atoms with van der Waals surface area (Å²) in [6.45, 7) is 11.2. The summed E-state index contributed by atoms with van der Waals surface area (Å²) in [6.07, 6.45) is 6.43. The van der Waals surface area contributed by atoms with Crippen molar-refractivity contribution in [1.82, 2.24) is 10.3 Å². The van der Waals surface area contributed by atoms with Crippen molar-refractivity contribution >= 4 is 23.0 Å². The lowest BCUT2D eigenvalue weighted by Crippen LogP contribution is -2.37. The molecule has 2 heterocycles. The molecule has 6 heteroatoms. The molecule has 1 aromatic heterocycles. The van der Waals surface area contributed by atoms with Crippen LogP contribution in [0.3, 0.4) is 0 Å². The number of nitrogens with two attached hydrogens (primary N) is 1. The van der Waals surface area contributed by atoms with Crippen LogP contribution in [-0.4, -0.2) is 23.7 Å². The van der Waals surface area contributed by atoms with E-state index in [4.69, 9.17) is 22.1 Å². The quantitative estimate of drug-likeness (QED) is 0.691. The van der Waals surface area contributed by atoms with Crippen LogP contribution in [0.25, 0.3) is 5.57 Å². The zero-order chi connectivity index (χ0) is 19.3. The Morgan fingerprint density at radius 1 is 1.54 bits per heavy atom. The second kappa shape index (κ2) is 8.69. The van der Waals surface area contributed by atoms with Crippen LogP contribution in [-0.2, 0) is 4.74 Å². The summed E-state index contributed by atoms with van der Waals surface area (Å²) in [5, 5.41) is 3.57. The molecule has 1 saturated heterocycles. The highest BCUT2D eigenvalue weighted by atomic mass is 35.5. The number of aromatic nitrogens is 1. The second-order valence-electron chi connectivity index (χ2n) is 7.28. The molecular formula is C20H27ClFN3O. The molecule has 0 bridgehead atoms. The Balaban J connectivity index is 1.95. The number of nitrogens with one attached hydrogen (secondary N) is 1. The Morgan fingerprint density at radius 2 is 2.27 bits per heavy atom. The van der Waals surface area contributed by atoms with Gasteiger partial charge in [-0.25, -0.2) is 9.37 Å². The largest absolute Gasteiger partial charge is 0.384 e. The molecule has 0 radical (unpaired) electrons. The van der Waals surface area contributed by atoms with Gasteiger partial charge in [-0.3, -0.25) is 0 Å². The van der Waals surface area contributed by atoms with Crippen LogP contribution in [0, 0.1) is 5.92 Å². The first-order chi connectivity index (χ1) is 12.2. The number of hydrogen-bond acceptors (Lipinski definition) is 4. The number of pyridine rings is 1. The van der Waals surface area contributed by atoms with Crippen LogP contribution >= 0.6 is 11.6 Å². The second-order valence-corrected chi connectivity index (χ2v) is 7.69. The lowest BCUT2D eigenvalue weighted by atomic mass is 9.88. The van der Waals surface area contributed by atoms with E-state index in [1.807, 2.05) is 6.92 Å². The van der Waals surface area contributed by atoms with E-state index in [2.05, 4.69) is 30.7 Å². The minimum atomic E-state index is -0.408. The zero-order valence-corrected chi connectivity index (χ0v) is 16.4. The van der Waals surface area contributed by atoms with Crippen LogP contribution in [0.4, 0.5) is 10.2 Å². The van der Waals surface area contributed by atoms with Crippen molar-refractivity contribution in [3.63, 3.8) is 0 Å². The van der Waals surface area contributed by atoms with Gasteiger partial charge in [0.25, 0.3) is 0 Å². The minimum absolute atomic E-state index is 0.119. The van der Waals surface area contributed by atoms with Crippen LogP contribution in [0.15, 0.2) is 42.5 Å². The van der Waals surface area contributed by atoms with Crippen LogP contribution in [0.1, 0.15) is 39.2 Å². The first kappa shape index (κ1) is 20.5. The van der Waals surface area contributed by atoms with Crippen LogP contribution in [0.2, 0.25) is 5.02 Å². The Bertz CT molecular complexity index is 728. The van der Waals surface area contributed by atoms with Gasteiger partial charge in [0.1, 0.15) is 11.6 Å². The Morgan fingerprint density at radius 3 is 2.96 bits per heavy atom. The van der Waals surface area contributed by atoms with Gasteiger partial charge in [-0.15, -0.1) is 0 Å². The first-order valence-corrected chi connectivity index (χ1v) is 9.08. The van der Waals surface area contributed by atoms with Crippen molar-refractivity contribution < 1.29 is 9.13 Å². The van der Waals surface area contributed by atoms with Gasteiger partial charge in [-0.1, -0.05) is 24.3 Å². The minimum Gasteiger partial charge on any atom is -0.384 e. The SMILES string of the molecule is C=C(NCC1CCOC(C)(C)C1)/C(F)=C\C=C(/C)c1cc(N)ncc1Cl. The normalized spacial score (nSPS) is 20.7. The highest BCUT2D eigenvalue weighted by Gasteiger charge is 2.28. The third-order valence-corrected chi connectivity index (χ3v) is 4.77. The molecule has 26 heavy (non-hydrogen) atoms. The maximum absolute atomic E-state index is 14.3. The predicted molar refractivity (Wildman–Crippen MR) is 106 cm³/mol. The van der Waals surface area contributed by atoms with Crippen molar-refractivity contribution in [1.29, 1.82) is 0 Å². The van der Waals surface area contributed by atoms with Gasteiger partial charge >= 0.3 is 0 Å². The molecule has 1 aliphatic rings. The summed E-state index contributed by atoms with van der Waals surface area (Å²) in [5.74, 6) is 0.403. The number of hydrogen-bond donors (Lipinski definition) is 2. The number of halogens is 2. The van der Waals surface area contributed by atoms with Gasteiger partial charge in [-0.2, -0.15) is 0 Å². The molecule has 0 amide bonds. The van der Waals surface area contributed by atoms with Gasteiger partial charge in [0.05, 0.1) is 16.3 Å². The van der Waals surface area contributed by atoms with Crippen molar-refractivity contribution in [2.24, 2.45) is 5.92 Å². The fourth-order valence-corrected chi connectivity index (χ4v) is 3.28. The molecule has 1 aliphatic heterocycles. The number of rotatable bonds is 6. The smallest absolute Gasteiger partial charge is 0.145 e. The molecule has 142 valence electrons. The van der Waals surface area contributed by atoms with Gasteiger partial charge in [0.15, 0.2) is 0 Å². The predicted octanol–water partition coefficient (Wildman–Crippen LogP) is 4.88. The fraction of sp³-hybridized carbons (Fsp3) is 0.450.